The third kappa shape index (κ3) is 50.4. The van der Waals surface area contributed by atoms with Crippen molar-refractivity contribution in [1.29, 1.82) is 0 Å². The molecule has 0 rings (SSSR count). The zero-order valence-corrected chi connectivity index (χ0v) is 53.1. The summed E-state index contributed by atoms with van der Waals surface area (Å²) in [7, 11) is 0. The molecule has 0 aromatic heterocycles. The van der Waals surface area contributed by atoms with E-state index in [2.05, 4.69) is 153 Å². The van der Waals surface area contributed by atoms with Crippen molar-refractivity contribution in [2.75, 3.05) is 13.2 Å². The molecule has 0 radical (unpaired) electrons. The molecule has 0 fully saturated rings. The topological polar surface area (TPSA) is 78.9 Å². The lowest BCUT2D eigenvalue weighted by molar-refractivity contribution is -0.167. The van der Waals surface area contributed by atoms with Crippen LogP contribution < -0.4 is 0 Å². The van der Waals surface area contributed by atoms with Crippen molar-refractivity contribution in [2.45, 2.75) is 287 Å². The molecule has 0 saturated carbocycles. The average molecular weight is 1360 g/mol. The summed E-state index contributed by atoms with van der Waals surface area (Å²) < 4.78 is 16.9. The second-order valence-electron chi connectivity index (χ2n) is 19.2. The Bertz CT molecular complexity index is 1220. The number of unbranched alkanes of at least 4 members (excludes halogenated alkanes) is 21. The number of alkyl halides is 6. The van der Waals surface area contributed by atoms with Gasteiger partial charge in [-0.25, -0.2) is 0 Å². The molecule has 69 heavy (non-hydrogen) atoms. The van der Waals surface area contributed by atoms with E-state index in [1.807, 2.05) is 0 Å². The van der Waals surface area contributed by atoms with Gasteiger partial charge in [0, 0.05) is 48.2 Å². The average Bonchev–Trinajstić information content (AvgIpc) is 3.33. The highest BCUT2D eigenvalue weighted by atomic mass is 79.9. The lowest BCUT2D eigenvalue weighted by Gasteiger charge is -2.18. The lowest BCUT2D eigenvalue weighted by atomic mass is 10.1. The van der Waals surface area contributed by atoms with Gasteiger partial charge < -0.3 is 14.2 Å². The van der Waals surface area contributed by atoms with Crippen molar-refractivity contribution in [3.63, 3.8) is 0 Å². The summed E-state index contributed by atoms with van der Waals surface area (Å²) in [6.45, 7) is 6.52. The number of carbonyl (C=O) groups excluding carboxylic acids is 3. The fourth-order valence-electron chi connectivity index (χ4n) is 7.89. The monoisotopic (exact) mass is 1350 g/mol. The van der Waals surface area contributed by atoms with Gasteiger partial charge in [0.1, 0.15) is 13.2 Å². The van der Waals surface area contributed by atoms with Crippen LogP contribution in [0.1, 0.15) is 252 Å². The largest absolute Gasteiger partial charge is 0.462 e. The number of allylic oxidation sites excluding steroid dienone is 6. The number of ether oxygens (including phenoxy) is 3. The van der Waals surface area contributed by atoms with Crippen molar-refractivity contribution < 1.29 is 28.6 Å². The number of hydrogen-bond donors (Lipinski definition) is 0. The molecule has 0 amide bonds. The predicted molar refractivity (Wildman–Crippen MR) is 319 cm³/mol. The van der Waals surface area contributed by atoms with Crippen LogP contribution >= 0.6 is 95.6 Å². The van der Waals surface area contributed by atoms with E-state index in [1.165, 1.54) is 116 Å². The summed E-state index contributed by atoms with van der Waals surface area (Å²) in [5.41, 5.74) is 0. The number of hydrogen-bond acceptors (Lipinski definition) is 6. The first kappa shape index (κ1) is 69.5. The van der Waals surface area contributed by atoms with Crippen molar-refractivity contribution in [3.05, 3.63) is 36.5 Å². The van der Waals surface area contributed by atoms with Crippen molar-refractivity contribution in [2.24, 2.45) is 0 Å². The third-order valence-electron chi connectivity index (χ3n) is 12.3. The molecule has 0 spiro atoms. The van der Waals surface area contributed by atoms with Crippen LogP contribution in [0.3, 0.4) is 0 Å². The van der Waals surface area contributed by atoms with E-state index < -0.39 is 6.10 Å². The van der Waals surface area contributed by atoms with Crippen LogP contribution in [-0.4, -0.2) is 66.2 Å². The van der Waals surface area contributed by atoms with Gasteiger partial charge in [0.25, 0.3) is 0 Å². The highest BCUT2D eigenvalue weighted by Gasteiger charge is 2.20. The van der Waals surface area contributed by atoms with Crippen LogP contribution in [0.15, 0.2) is 36.5 Å². The van der Waals surface area contributed by atoms with Crippen LogP contribution in [-0.2, 0) is 28.6 Å². The Morgan fingerprint density at radius 1 is 0.319 bits per heavy atom. The summed E-state index contributed by atoms with van der Waals surface area (Å²) in [6, 6.07) is 0. The Hall–Kier alpha value is 0.510. The first-order chi connectivity index (χ1) is 33.4. The molecule has 0 aromatic rings. The van der Waals surface area contributed by atoms with Crippen LogP contribution in [0.25, 0.3) is 0 Å². The zero-order valence-electron chi connectivity index (χ0n) is 43.6. The molecular weight excluding hydrogens is 1260 g/mol. The van der Waals surface area contributed by atoms with E-state index in [1.54, 1.807) is 0 Å². The van der Waals surface area contributed by atoms with Gasteiger partial charge in [-0.05, 0) is 57.8 Å². The summed E-state index contributed by atoms with van der Waals surface area (Å²) in [5, 5.41) is 0. The number of rotatable bonds is 50. The Balaban J connectivity index is 4.73. The van der Waals surface area contributed by atoms with Gasteiger partial charge in [-0.15, -0.1) is 0 Å². The minimum atomic E-state index is -0.825. The molecule has 0 bridgehead atoms. The van der Waals surface area contributed by atoms with Gasteiger partial charge in [-0.1, -0.05) is 307 Å². The Morgan fingerprint density at radius 3 is 0.783 bits per heavy atom. The maximum absolute atomic E-state index is 13.0. The van der Waals surface area contributed by atoms with Crippen molar-refractivity contribution >= 4 is 113 Å². The first-order valence-electron chi connectivity index (χ1n) is 27.8. The standard InChI is InChI=1S/C57H98Br6O6/c1-4-7-10-13-22-31-48(58)40-43-51(61)34-25-16-19-28-37-55(64)67-46-54(69-57(66)39-30-21-18-27-36-53(63)45-42-50(60)33-24-15-12-9-6-3)47-68-56(65)38-29-20-17-26-35-52(62)44-41-49(59)32-23-14-11-8-5-2/h40-45,48-54H,4-39,46-47H2,1-3H3. The molecule has 6 unspecified atom stereocenters. The second-order valence-corrected chi connectivity index (χ2v) is 26.3. The molecule has 404 valence electrons. The van der Waals surface area contributed by atoms with Gasteiger partial charge in [0.05, 0.1) is 0 Å². The number of halogens is 6. The summed E-state index contributed by atoms with van der Waals surface area (Å²) >= 11 is 22.8. The SMILES string of the molecule is CCCCCCCC(Br)C=CC(Br)CCCCCCC(=O)OCC(COC(=O)CCCCCCC(Br)C=CC(Br)CCCCCCC)OC(=O)CCCCCCC(Br)C=CC(Br)CCCCCCC. The molecule has 0 aliphatic heterocycles. The summed E-state index contributed by atoms with van der Waals surface area (Å²) in [6.07, 6.45) is 51.3. The third-order valence-corrected chi connectivity index (χ3v) is 16.9. The molecule has 12 heteroatoms. The van der Waals surface area contributed by atoms with E-state index in [0.717, 1.165) is 96.3 Å². The van der Waals surface area contributed by atoms with E-state index in [0.29, 0.717) is 41.8 Å². The molecule has 6 nitrogen and oxygen atoms in total. The summed E-state index contributed by atoms with van der Waals surface area (Å²) in [4.78, 5) is 40.8. The molecule has 0 N–H and O–H groups in total. The van der Waals surface area contributed by atoms with Crippen LogP contribution in [0.2, 0.25) is 0 Å². The van der Waals surface area contributed by atoms with E-state index in [-0.39, 0.29) is 37.5 Å². The molecule has 0 heterocycles. The molecule has 0 aliphatic carbocycles. The van der Waals surface area contributed by atoms with E-state index in [4.69, 9.17) is 14.2 Å². The van der Waals surface area contributed by atoms with Crippen LogP contribution in [0.4, 0.5) is 0 Å². The minimum Gasteiger partial charge on any atom is -0.462 e. The fourth-order valence-corrected chi connectivity index (χ4v) is 10.9. The van der Waals surface area contributed by atoms with Crippen molar-refractivity contribution in [1.82, 2.24) is 0 Å². The number of esters is 3. The van der Waals surface area contributed by atoms with Crippen LogP contribution in [0, 0.1) is 0 Å². The quantitative estimate of drug-likeness (QED) is 0.0199. The first-order valence-corrected chi connectivity index (χ1v) is 33.3. The lowest BCUT2D eigenvalue weighted by Crippen LogP contribution is -2.30. The fraction of sp³-hybridized carbons (Fsp3) is 0.842. The molecule has 0 saturated heterocycles. The number of carbonyl (C=O) groups is 3. The van der Waals surface area contributed by atoms with Crippen LogP contribution in [0.5, 0.6) is 0 Å². The van der Waals surface area contributed by atoms with Crippen molar-refractivity contribution in [3.8, 4) is 0 Å². The highest BCUT2D eigenvalue weighted by molar-refractivity contribution is 9.10. The molecule has 0 aliphatic rings. The van der Waals surface area contributed by atoms with Gasteiger partial charge in [-0.3, -0.25) is 14.4 Å². The minimum absolute atomic E-state index is 0.117. The van der Waals surface area contributed by atoms with Gasteiger partial charge in [-0.2, -0.15) is 0 Å². The maximum Gasteiger partial charge on any atom is 0.306 e. The van der Waals surface area contributed by atoms with Gasteiger partial charge >= 0.3 is 17.9 Å². The molecular formula is C57H98Br6O6. The Kier molecular flexibility index (Phi) is 52.4. The predicted octanol–water partition coefficient (Wildman–Crippen LogP) is 20.3. The maximum atomic E-state index is 13.0. The second kappa shape index (κ2) is 52.0. The van der Waals surface area contributed by atoms with Gasteiger partial charge in [0.15, 0.2) is 6.10 Å². The summed E-state index contributed by atoms with van der Waals surface area (Å²) in [5.74, 6) is -0.988. The van der Waals surface area contributed by atoms with E-state index >= 15 is 0 Å². The Labute approximate surface area is 474 Å². The smallest absolute Gasteiger partial charge is 0.306 e. The molecule has 6 atom stereocenters. The molecule has 0 aromatic carbocycles. The normalized spacial score (nSPS) is 15.1. The Morgan fingerprint density at radius 2 is 0.536 bits per heavy atom. The van der Waals surface area contributed by atoms with E-state index in [9.17, 15) is 14.4 Å². The van der Waals surface area contributed by atoms with Gasteiger partial charge in [0.2, 0.25) is 0 Å². The zero-order chi connectivity index (χ0) is 51.0. The highest BCUT2D eigenvalue weighted by Crippen LogP contribution is 2.22.